The molecule has 2 aromatic carbocycles. The van der Waals surface area contributed by atoms with Gasteiger partial charge < -0.3 is 9.40 Å². The Morgan fingerprint density at radius 1 is 1.00 bits per heavy atom. The first-order valence-corrected chi connectivity index (χ1v) is 9.55. The van der Waals surface area contributed by atoms with Gasteiger partial charge in [-0.25, -0.2) is 13.4 Å². The summed E-state index contributed by atoms with van der Waals surface area (Å²) in [5, 5.41) is 0. The summed E-state index contributed by atoms with van der Waals surface area (Å²) in [5.41, 5.74) is 2.91. The average molecular weight is 367 g/mol. The fourth-order valence-corrected chi connectivity index (χ4v) is 3.73. The van der Waals surface area contributed by atoms with Crippen molar-refractivity contribution in [1.29, 1.82) is 0 Å². The maximum absolute atomic E-state index is 12.5. The van der Waals surface area contributed by atoms with Crippen LogP contribution in [-0.4, -0.2) is 18.4 Å². The third kappa shape index (κ3) is 3.09. The Morgan fingerprint density at radius 3 is 2.46 bits per heavy atom. The normalized spacial score (nSPS) is 11.8. The highest BCUT2D eigenvalue weighted by molar-refractivity contribution is 7.92. The van der Waals surface area contributed by atoms with E-state index >= 15 is 0 Å². The molecule has 0 fully saturated rings. The van der Waals surface area contributed by atoms with E-state index in [4.69, 9.17) is 4.42 Å². The van der Waals surface area contributed by atoms with E-state index in [0.717, 1.165) is 22.4 Å². The Morgan fingerprint density at radius 2 is 1.77 bits per heavy atom. The van der Waals surface area contributed by atoms with Crippen molar-refractivity contribution in [3.05, 3.63) is 65.9 Å². The second kappa shape index (κ2) is 6.03. The van der Waals surface area contributed by atoms with Gasteiger partial charge >= 0.3 is 0 Å². The van der Waals surface area contributed by atoms with Gasteiger partial charge in [-0.3, -0.25) is 4.72 Å². The van der Waals surface area contributed by atoms with Crippen molar-refractivity contribution in [2.24, 2.45) is 0 Å². The van der Waals surface area contributed by atoms with Crippen LogP contribution in [0.3, 0.4) is 0 Å². The van der Waals surface area contributed by atoms with Gasteiger partial charge in [-0.15, -0.1) is 0 Å². The lowest BCUT2D eigenvalue weighted by Crippen LogP contribution is -2.12. The molecule has 2 heterocycles. The minimum absolute atomic E-state index is 0.222. The van der Waals surface area contributed by atoms with Crippen LogP contribution < -0.4 is 4.72 Å². The predicted octanol–water partition coefficient (Wildman–Crippen LogP) is 4.24. The largest absolute Gasteiger partial charge is 0.458 e. The molecule has 26 heavy (non-hydrogen) atoms. The molecular formula is C19H17N3O3S. The number of aromatic nitrogens is 2. The van der Waals surface area contributed by atoms with Crippen LogP contribution in [-0.2, 0) is 10.0 Å². The van der Waals surface area contributed by atoms with Crippen molar-refractivity contribution in [1.82, 2.24) is 9.97 Å². The Labute approximate surface area is 150 Å². The van der Waals surface area contributed by atoms with Gasteiger partial charge in [0.05, 0.1) is 21.6 Å². The lowest BCUT2D eigenvalue weighted by Gasteiger charge is -2.08. The fraction of sp³-hybridized carbons (Fsp3) is 0.105. The molecule has 0 saturated carbocycles. The Kier molecular flexibility index (Phi) is 3.81. The maximum atomic E-state index is 12.5. The zero-order chi connectivity index (χ0) is 18.3. The van der Waals surface area contributed by atoms with Crippen molar-refractivity contribution >= 4 is 26.7 Å². The van der Waals surface area contributed by atoms with Crippen molar-refractivity contribution in [2.45, 2.75) is 18.7 Å². The van der Waals surface area contributed by atoms with E-state index in [1.165, 1.54) is 0 Å². The van der Waals surface area contributed by atoms with Gasteiger partial charge in [-0.1, -0.05) is 17.7 Å². The lowest BCUT2D eigenvalue weighted by molar-refractivity contribution is 0.545. The Bertz CT molecular complexity index is 1190. The molecule has 0 aliphatic rings. The van der Waals surface area contributed by atoms with Gasteiger partial charge in [0.25, 0.3) is 10.0 Å². The highest BCUT2D eigenvalue weighted by atomic mass is 32.2. The summed E-state index contributed by atoms with van der Waals surface area (Å²) in [6.07, 6.45) is 0. The Balaban J connectivity index is 1.66. The summed E-state index contributed by atoms with van der Waals surface area (Å²) in [4.78, 5) is 7.86. The van der Waals surface area contributed by atoms with Crippen LogP contribution in [0, 0.1) is 13.8 Å². The zero-order valence-corrected chi connectivity index (χ0v) is 15.1. The second-order valence-corrected chi connectivity index (χ2v) is 7.83. The van der Waals surface area contributed by atoms with Gasteiger partial charge in [0, 0.05) is 0 Å². The van der Waals surface area contributed by atoms with Crippen LogP contribution in [0.15, 0.2) is 63.9 Å². The smallest absolute Gasteiger partial charge is 0.261 e. The molecule has 0 aliphatic carbocycles. The predicted molar refractivity (Wildman–Crippen MR) is 101 cm³/mol. The summed E-state index contributed by atoms with van der Waals surface area (Å²) in [5.74, 6) is 2.04. The molecule has 0 unspecified atom stereocenters. The Hall–Kier alpha value is -3.06. The summed E-state index contributed by atoms with van der Waals surface area (Å²) >= 11 is 0. The third-order valence-corrected chi connectivity index (χ3v) is 5.44. The highest BCUT2D eigenvalue weighted by Crippen LogP contribution is 2.25. The van der Waals surface area contributed by atoms with Gasteiger partial charge in [-0.2, -0.15) is 0 Å². The molecule has 0 saturated heterocycles. The fourth-order valence-electron chi connectivity index (χ4n) is 2.68. The summed E-state index contributed by atoms with van der Waals surface area (Å²) in [6.45, 7) is 3.78. The molecule has 0 atom stereocenters. The molecule has 7 heteroatoms. The number of fused-ring (bicyclic) bond motifs is 1. The topological polar surface area (TPSA) is 88.0 Å². The first-order valence-electron chi connectivity index (χ1n) is 8.07. The number of sulfonamides is 1. The van der Waals surface area contributed by atoms with E-state index < -0.39 is 10.0 Å². The maximum Gasteiger partial charge on any atom is 0.261 e. The van der Waals surface area contributed by atoms with Gasteiger partial charge in [0.15, 0.2) is 11.6 Å². The molecule has 4 rings (SSSR count). The SMILES string of the molecule is Cc1ccc(S(=O)(=O)Nc2ccc3nc(-c4ccc(C)o4)[nH]c3c2)cc1. The number of anilines is 1. The third-order valence-electron chi connectivity index (χ3n) is 4.04. The van der Waals surface area contributed by atoms with Crippen LogP contribution in [0.2, 0.25) is 0 Å². The number of hydrogen-bond donors (Lipinski definition) is 2. The minimum atomic E-state index is -3.64. The number of imidazole rings is 1. The van der Waals surface area contributed by atoms with E-state index in [0.29, 0.717) is 17.3 Å². The van der Waals surface area contributed by atoms with Crippen molar-refractivity contribution in [3.8, 4) is 11.6 Å². The van der Waals surface area contributed by atoms with Crippen LogP contribution in [0.4, 0.5) is 5.69 Å². The van der Waals surface area contributed by atoms with E-state index in [1.54, 1.807) is 42.5 Å². The minimum Gasteiger partial charge on any atom is -0.458 e. The molecule has 6 nitrogen and oxygen atoms in total. The van der Waals surface area contributed by atoms with Crippen molar-refractivity contribution in [3.63, 3.8) is 0 Å². The van der Waals surface area contributed by atoms with Gasteiger partial charge in [0.1, 0.15) is 5.76 Å². The molecule has 0 bridgehead atoms. The number of aryl methyl sites for hydroxylation is 2. The molecular weight excluding hydrogens is 350 g/mol. The number of hydrogen-bond acceptors (Lipinski definition) is 4. The molecule has 2 N–H and O–H groups in total. The van der Waals surface area contributed by atoms with Gasteiger partial charge in [-0.05, 0) is 56.3 Å². The standard InChI is InChI=1S/C19H17N3O3S/c1-12-3-7-15(8-4-12)26(23,24)22-14-6-9-16-17(11-14)21-19(20-16)18-10-5-13(2)25-18/h3-11,22H,1-2H3,(H,20,21). The number of benzene rings is 2. The highest BCUT2D eigenvalue weighted by Gasteiger charge is 2.15. The molecule has 4 aromatic rings. The quantitative estimate of drug-likeness (QED) is 0.565. The number of furan rings is 1. The summed E-state index contributed by atoms with van der Waals surface area (Å²) in [6, 6.07) is 15.6. The zero-order valence-electron chi connectivity index (χ0n) is 14.3. The number of H-pyrrole nitrogens is 1. The number of rotatable bonds is 4. The average Bonchev–Trinajstić information content (AvgIpc) is 3.20. The van der Waals surface area contributed by atoms with E-state index in [2.05, 4.69) is 14.7 Å². The number of aromatic amines is 1. The second-order valence-electron chi connectivity index (χ2n) is 6.15. The molecule has 0 radical (unpaired) electrons. The number of nitrogens with one attached hydrogen (secondary N) is 2. The molecule has 0 spiro atoms. The number of nitrogens with zero attached hydrogens (tertiary/aromatic N) is 1. The van der Waals surface area contributed by atoms with E-state index in [9.17, 15) is 8.42 Å². The van der Waals surface area contributed by atoms with E-state index in [1.807, 2.05) is 26.0 Å². The molecule has 2 aromatic heterocycles. The monoisotopic (exact) mass is 367 g/mol. The molecule has 132 valence electrons. The van der Waals surface area contributed by atoms with Crippen molar-refractivity contribution in [2.75, 3.05) is 4.72 Å². The van der Waals surface area contributed by atoms with Crippen LogP contribution >= 0.6 is 0 Å². The van der Waals surface area contributed by atoms with Gasteiger partial charge in [0.2, 0.25) is 0 Å². The molecule has 0 amide bonds. The first-order chi connectivity index (χ1) is 12.4. The van der Waals surface area contributed by atoms with E-state index in [-0.39, 0.29) is 4.90 Å². The van der Waals surface area contributed by atoms with Crippen LogP contribution in [0.5, 0.6) is 0 Å². The molecule has 0 aliphatic heterocycles. The summed E-state index contributed by atoms with van der Waals surface area (Å²) < 4.78 is 33.2. The first kappa shape index (κ1) is 16.4. The van der Waals surface area contributed by atoms with Crippen LogP contribution in [0.1, 0.15) is 11.3 Å². The van der Waals surface area contributed by atoms with Crippen LogP contribution in [0.25, 0.3) is 22.6 Å². The lowest BCUT2D eigenvalue weighted by atomic mass is 10.2. The van der Waals surface area contributed by atoms with Crippen molar-refractivity contribution < 1.29 is 12.8 Å². The summed E-state index contributed by atoms with van der Waals surface area (Å²) in [7, 11) is -3.64.